The summed E-state index contributed by atoms with van der Waals surface area (Å²) in [6, 6.07) is 5.52. The number of anilines is 1. The van der Waals surface area contributed by atoms with Gasteiger partial charge in [0.1, 0.15) is 0 Å². The van der Waals surface area contributed by atoms with Crippen LogP contribution in [0.3, 0.4) is 0 Å². The lowest BCUT2D eigenvalue weighted by Crippen LogP contribution is -2.60. The molecule has 39 heavy (non-hydrogen) atoms. The lowest BCUT2D eigenvalue weighted by atomic mass is 9.78. The van der Waals surface area contributed by atoms with Crippen LogP contribution in [0.2, 0.25) is 5.02 Å². The van der Waals surface area contributed by atoms with E-state index >= 15 is 0 Å². The van der Waals surface area contributed by atoms with E-state index in [9.17, 15) is 27.9 Å². The Morgan fingerprint density at radius 1 is 1.08 bits per heavy atom. The monoisotopic (exact) mass is 569 g/mol. The molecule has 2 amide bonds. The molecule has 1 N–H and O–H groups in total. The number of rotatable bonds is 7. The van der Waals surface area contributed by atoms with Gasteiger partial charge in [-0.05, 0) is 82.1 Å². The van der Waals surface area contributed by atoms with Crippen molar-refractivity contribution in [3.8, 4) is 0 Å². The molecule has 0 unspecified atom stereocenters. The molecule has 0 bridgehead atoms. The smallest absolute Gasteiger partial charge is 0.371 e. The van der Waals surface area contributed by atoms with E-state index in [1.807, 2.05) is 19.1 Å². The van der Waals surface area contributed by atoms with Gasteiger partial charge in [0.25, 0.3) is 17.4 Å². The number of alkyl halides is 3. The number of piperidine rings is 2. The van der Waals surface area contributed by atoms with E-state index in [4.69, 9.17) is 11.6 Å². The van der Waals surface area contributed by atoms with Gasteiger partial charge in [0.15, 0.2) is 0 Å². The molecule has 2 saturated heterocycles. The van der Waals surface area contributed by atoms with Gasteiger partial charge in [-0.1, -0.05) is 29.8 Å². The van der Waals surface area contributed by atoms with Crippen LogP contribution in [-0.2, 0) is 4.79 Å². The quantitative estimate of drug-likeness (QED) is 0.428. The second-order valence-electron chi connectivity index (χ2n) is 10.4. The summed E-state index contributed by atoms with van der Waals surface area (Å²) in [5, 5.41) is 11.1. The first kappa shape index (κ1) is 31.0. The molecule has 1 atom stereocenters. The van der Waals surface area contributed by atoms with Gasteiger partial charge < -0.3 is 19.8 Å². The van der Waals surface area contributed by atoms with Gasteiger partial charge in [0.05, 0.1) is 10.6 Å². The van der Waals surface area contributed by atoms with E-state index in [0.29, 0.717) is 41.8 Å². The summed E-state index contributed by atoms with van der Waals surface area (Å²) in [7, 11) is 1.73. The molecule has 3 rings (SSSR count). The van der Waals surface area contributed by atoms with Crippen LogP contribution in [0.4, 0.5) is 18.9 Å². The summed E-state index contributed by atoms with van der Waals surface area (Å²) >= 11 is 6.44. The highest BCUT2D eigenvalue weighted by molar-refractivity contribution is 6.34. The van der Waals surface area contributed by atoms with Crippen molar-refractivity contribution in [2.24, 2.45) is 11.8 Å². The molecule has 0 saturated carbocycles. The molecule has 2 heterocycles. The molecule has 6 nitrogen and oxygen atoms in total. The third-order valence-electron chi connectivity index (χ3n) is 8.20. The first-order chi connectivity index (χ1) is 18.4. The Labute approximate surface area is 234 Å². The van der Waals surface area contributed by atoms with Crippen LogP contribution >= 0.6 is 11.6 Å². The highest BCUT2D eigenvalue weighted by Gasteiger charge is 2.62. The maximum atomic E-state index is 13.9. The van der Waals surface area contributed by atoms with Crippen LogP contribution < -0.4 is 4.90 Å². The van der Waals surface area contributed by atoms with E-state index in [2.05, 4.69) is 4.90 Å². The first-order valence-corrected chi connectivity index (χ1v) is 13.9. The maximum Gasteiger partial charge on any atom is 0.430 e. The Kier molecular flexibility index (Phi) is 10.2. The first-order valence-electron chi connectivity index (χ1n) is 13.6. The molecule has 10 heteroatoms. The number of allylic oxidation sites excluding steroid dienone is 2. The van der Waals surface area contributed by atoms with Gasteiger partial charge >= 0.3 is 6.18 Å². The van der Waals surface area contributed by atoms with Crippen LogP contribution in [0, 0.1) is 11.8 Å². The fourth-order valence-electron chi connectivity index (χ4n) is 5.67. The Hall–Kier alpha value is -2.52. The Morgan fingerprint density at radius 2 is 1.64 bits per heavy atom. The molecule has 1 aromatic carbocycles. The molecule has 1 aromatic rings. The second-order valence-corrected chi connectivity index (χ2v) is 10.8. The molecular formula is C29H39ClF3N3O3. The van der Waals surface area contributed by atoms with Crippen molar-refractivity contribution >= 4 is 29.1 Å². The lowest BCUT2D eigenvalue weighted by Gasteiger charge is -2.42. The molecule has 0 radical (unpaired) electrons. The van der Waals surface area contributed by atoms with E-state index in [1.54, 1.807) is 24.9 Å². The van der Waals surface area contributed by atoms with Crippen molar-refractivity contribution in [1.82, 2.24) is 9.80 Å². The van der Waals surface area contributed by atoms with Gasteiger partial charge in [-0.2, -0.15) is 13.2 Å². The van der Waals surface area contributed by atoms with Crippen molar-refractivity contribution < 1.29 is 27.9 Å². The zero-order valence-corrected chi connectivity index (χ0v) is 23.9. The van der Waals surface area contributed by atoms with Gasteiger partial charge in [0, 0.05) is 45.5 Å². The number of benzene rings is 1. The standard InChI is InChI=1S/C29H39ClF3N3O3/c1-5-8-22(6-2)28(39,29(31,32)33)27(38)36-17-13-21(14-18-36)20-11-15-35(16-12-20)23-9-10-24(25(30)19-23)26(37)34(4)7-3/h5-6,8-10,19-21,39H,7,11-18H2,1-4H3/b8-5-,22-6+/t28-/m1/s1. The number of nitrogens with zero attached hydrogens (tertiary/aromatic N) is 3. The summed E-state index contributed by atoms with van der Waals surface area (Å²) in [4.78, 5) is 30.5. The highest BCUT2D eigenvalue weighted by atomic mass is 35.5. The normalized spacial score (nSPS) is 19.9. The zero-order valence-electron chi connectivity index (χ0n) is 23.1. The number of likely N-dealkylation sites (tertiary alicyclic amines) is 1. The molecule has 0 aliphatic carbocycles. The number of aliphatic hydroxyl groups is 1. The van der Waals surface area contributed by atoms with Gasteiger partial charge in [-0.15, -0.1) is 0 Å². The average molecular weight is 570 g/mol. The van der Waals surface area contributed by atoms with Crippen LogP contribution in [0.15, 0.2) is 42.0 Å². The van der Waals surface area contributed by atoms with Crippen LogP contribution in [0.5, 0.6) is 0 Å². The summed E-state index contributed by atoms with van der Waals surface area (Å²) in [5.41, 5.74) is -2.58. The Balaban J connectivity index is 1.59. The maximum absolute atomic E-state index is 13.9. The van der Waals surface area contributed by atoms with Crippen LogP contribution in [0.25, 0.3) is 0 Å². The van der Waals surface area contributed by atoms with Crippen molar-refractivity contribution in [3.05, 3.63) is 52.6 Å². The van der Waals surface area contributed by atoms with Crippen LogP contribution in [-0.4, -0.2) is 78.3 Å². The van der Waals surface area contributed by atoms with Crippen molar-refractivity contribution in [3.63, 3.8) is 0 Å². The minimum absolute atomic E-state index is 0.116. The molecule has 0 spiro atoms. The van der Waals surface area contributed by atoms with Crippen molar-refractivity contribution in [2.45, 2.75) is 58.2 Å². The minimum atomic E-state index is -5.13. The molecule has 0 aromatic heterocycles. The SMILES string of the molecule is C/C=C\C(=C/C)[C@@](O)(C(=O)N1CCC(C2CCN(c3ccc(C(=O)N(C)CC)c(Cl)c3)CC2)CC1)C(F)(F)F. The van der Waals surface area contributed by atoms with Gasteiger partial charge in [-0.25, -0.2) is 0 Å². The summed E-state index contributed by atoms with van der Waals surface area (Å²) in [6.45, 7) is 7.41. The van der Waals surface area contributed by atoms with E-state index in [1.165, 1.54) is 13.0 Å². The topological polar surface area (TPSA) is 64.1 Å². The third-order valence-corrected chi connectivity index (χ3v) is 8.51. The molecular weight excluding hydrogens is 531 g/mol. The van der Waals surface area contributed by atoms with Gasteiger partial charge in [-0.3, -0.25) is 9.59 Å². The third kappa shape index (κ3) is 6.46. The molecule has 216 valence electrons. The van der Waals surface area contributed by atoms with Gasteiger partial charge in [0.2, 0.25) is 0 Å². The highest BCUT2D eigenvalue weighted by Crippen LogP contribution is 2.40. The molecule has 2 fully saturated rings. The predicted octanol–water partition coefficient (Wildman–Crippen LogP) is 5.70. The number of hydrogen-bond acceptors (Lipinski definition) is 4. The van der Waals surface area contributed by atoms with Crippen molar-refractivity contribution in [2.75, 3.05) is 44.7 Å². The van der Waals surface area contributed by atoms with E-state index in [0.717, 1.165) is 48.7 Å². The summed E-state index contributed by atoms with van der Waals surface area (Å²) in [5.74, 6) is -0.711. The second kappa shape index (κ2) is 12.8. The Morgan fingerprint density at radius 3 is 2.10 bits per heavy atom. The summed E-state index contributed by atoms with van der Waals surface area (Å²) in [6.07, 6.45) is 1.57. The number of hydrogen-bond donors (Lipinski definition) is 1. The number of halogens is 4. The largest absolute Gasteiger partial charge is 0.430 e. The minimum Gasteiger partial charge on any atom is -0.371 e. The molecule has 2 aliphatic heterocycles. The molecule has 2 aliphatic rings. The fourth-order valence-corrected chi connectivity index (χ4v) is 5.92. The zero-order chi connectivity index (χ0) is 29.0. The van der Waals surface area contributed by atoms with E-state index < -0.39 is 23.3 Å². The average Bonchev–Trinajstić information content (AvgIpc) is 2.93. The predicted molar refractivity (Wildman–Crippen MR) is 148 cm³/mol. The number of carbonyl (C=O) groups excluding carboxylic acids is 2. The van der Waals surface area contributed by atoms with Crippen molar-refractivity contribution in [1.29, 1.82) is 0 Å². The Bertz CT molecular complexity index is 1090. The van der Waals surface area contributed by atoms with Crippen LogP contribution in [0.1, 0.15) is 56.8 Å². The summed E-state index contributed by atoms with van der Waals surface area (Å²) < 4.78 is 41.8. The number of amides is 2. The van der Waals surface area contributed by atoms with E-state index in [-0.39, 0.29) is 19.0 Å². The fraction of sp³-hybridized carbons (Fsp3) is 0.586. The number of carbonyl (C=O) groups is 2. The lowest BCUT2D eigenvalue weighted by molar-refractivity contribution is -0.242.